The lowest BCUT2D eigenvalue weighted by molar-refractivity contribution is 0.0632. The largest absolute Gasteiger partial charge is 0.377 e. The van der Waals surface area contributed by atoms with Crippen molar-refractivity contribution in [3.63, 3.8) is 0 Å². The van der Waals surface area contributed by atoms with E-state index in [0.717, 1.165) is 25.3 Å². The summed E-state index contributed by atoms with van der Waals surface area (Å²) in [5.41, 5.74) is 7.07. The first kappa shape index (κ1) is 12.2. The van der Waals surface area contributed by atoms with Gasteiger partial charge in [0, 0.05) is 25.4 Å². The molecule has 1 heterocycles. The maximum atomic E-state index is 5.99. The molecule has 1 rings (SSSR count). The number of nitrogens with two attached hydrogens (primary N) is 1. The Morgan fingerprint density at radius 3 is 2.87 bits per heavy atom. The van der Waals surface area contributed by atoms with Gasteiger partial charge in [-0.1, -0.05) is 6.92 Å². The third kappa shape index (κ3) is 3.32. The third-order valence-corrected chi connectivity index (χ3v) is 2.47. The predicted molar refractivity (Wildman–Crippen MR) is 60.5 cm³/mol. The monoisotopic (exact) mass is 211 g/mol. The second kappa shape index (κ2) is 5.88. The summed E-state index contributed by atoms with van der Waals surface area (Å²) in [7, 11) is 0. The minimum absolute atomic E-state index is 0.0707. The number of hydrogen-bond acceptors (Lipinski definition) is 3. The van der Waals surface area contributed by atoms with Gasteiger partial charge < -0.3 is 15.0 Å². The fourth-order valence-electron chi connectivity index (χ4n) is 1.62. The molecule has 0 aliphatic rings. The molecule has 4 nitrogen and oxygen atoms in total. The van der Waals surface area contributed by atoms with Crippen molar-refractivity contribution in [3.05, 3.63) is 18.2 Å². The molecule has 0 aromatic carbocycles. The fraction of sp³-hybridized carbons (Fsp3) is 0.727. The van der Waals surface area contributed by atoms with E-state index in [1.54, 1.807) is 0 Å². The maximum absolute atomic E-state index is 5.99. The molecule has 0 aliphatic carbocycles. The number of imidazole rings is 1. The zero-order chi connectivity index (χ0) is 11.3. The molecule has 0 bridgehead atoms. The lowest BCUT2D eigenvalue weighted by atomic mass is 10.2. The Hall–Kier alpha value is -0.870. The van der Waals surface area contributed by atoms with Crippen LogP contribution in [0.3, 0.4) is 0 Å². The predicted octanol–water partition coefficient (Wildman–Crippen LogP) is 1.72. The smallest absolute Gasteiger partial charge is 0.0949 e. The van der Waals surface area contributed by atoms with Crippen molar-refractivity contribution in [1.29, 1.82) is 0 Å². The molecule has 0 amide bonds. The molecule has 0 fully saturated rings. The van der Waals surface area contributed by atoms with E-state index < -0.39 is 0 Å². The molecule has 15 heavy (non-hydrogen) atoms. The Kier molecular flexibility index (Phi) is 4.78. The van der Waals surface area contributed by atoms with Gasteiger partial charge in [-0.05, 0) is 20.3 Å². The van der Waals surface area contributed by atoms with Crippen molar-refractivity contribution in [3.8, 4) is 0 Å². The van der Waals surface area contributed by atoms with E-state index in [4.69, 9.17) is 10.5 Å². The van der Waals surface area contributed by atoms with Crippen LogP contribution in [0.4, 0.5) is 0 Å². The fourth-order valence-corrected chi connectivity index (χ4v) is 1.62. The molecule has 0 radical (unpaired) electrons. The summed E-state index contributed by atoms with van der Waals surface area (Å²) in [6, 6.07) is 0.0707. The summed E-state index contributed by atoms with van der Waals surface area (Å²) in [5.74, 6) is 0. The minimum Gasteiger partial charge on any atom is -0.377 e. The van der Waals surface area contributed by atoms with Crippen LogP contribution < -0.4 is 5.73 Å². The van der Waals surface area contributed by atoms with Crippen LogP contribution in [-0.4, -0.2) is 22.3 Å². The number of hydrogen-bond donors (Lipinski definition) is 1. The number of ether oxygens (including phenoxy) is 1. The van der Waals surface area contributed by atoms with Crippen LogP contribution in [0.15, 0.2) is 12.5 Å². The van der Waals surface area contributed by atoms with Crippen LogP contribution in [0.5, 0.6) is 0 Å². The molecular formula is C11H21N3O. The second-order valence-corrected chi connectivity index (χ2v) is 3.75. The van der Waals surface area contributed by atoms with E-state index in [1.165, 1.54) is 0 Å². The summed E-state index contributed by atoms with van der Waals surface area (Å²) in [6.45, 7) is 7.70. The molecule has 2 N–H and O–H groups in total. The topological polar surface area (TPSA) is 53.1 Å². The van der Waals surface area contributed by atoms with Gasteiger partial charge in [0.1, 0.15) is 0 Å². The SMILES string of the molecule is CCOC(C)Cn1cncc1[C@H](N)CC. The summed E-state index contributed by atoms with van der Waals surface area (Å²) >= 11 is 0. The highest BCUT2D eigenvalue weighted by Crippen LogP contribution is 2.13. The standard InChI is InChI=1S/C11H21N3O/c1-4-10(12)11-6-13-8-14(11)7-9(3)15-5-2/h6,8-10H,4-5,7,12H2,1-3H3/t9?,10-/m1/s1. The zero-order valence-corrected chi connectivity index (χ0v) is 9.81. The van der Waals surface area contributed by atoms with Crippen molar-refractivity contribution < 1.29 is 4.74 Å². The highest BCUT2D eigenvalue weighted by atomic mass is 16.5. The Balaban J connectivity index is 2.64. The van der Waals surface area contributed by atoms with Gasteiger partial charge in [-0.2, -0.15) is 0 Å². The minimum atomic E-state index is 0.0707. The van der Waals surface area contributed by atoms with Gasteiger partial charge >= 0.3 is 0 Å². The number of nitrogens with zero attached hydrogens (tertiary/aromatic N) is 2. The van der Waals surface area contributed by atoms with E-state index >= 15 is 0 Å². The Morgan fingerprint density at radius 2 is 2.27 bits per heavy atom. The summed E-state index contributed by atoms with van der Waals surface area (Å²) in [5, 5.41) is 0. The zero-order valence-electron chi connectivity index (χ0n) is 9.81. The summed E-state index contributed by atoms with van der Waals surface area (Å²) < 4.78 is 7.57. The first-order valence-electron chi connectivity index (χ1n) is 5.56. The van der Waals surface area contributed by atoms with Gasteiger partial charge in [0.25, 0.3) is 0 Å². The van der Waals surface area contributed by atoms with Crippen LogP contribution in [0.2, 0.25) is 0 Å². The normalized spacial score (nSPS) is 15.2. The molecule has 0 aliphatic heterocycles. The van der Waals surface area contributed by atoms with Gasteiger partial charge in [-0.3, -0.25) is 0 Å². The average Bonchev–Trinajstić information content (AvgIpc) is 2.65. The Morgan fingerprint density at radius 1 is 1.53 bits per heavy atom. The van der Waals surface area contributed by atoms with Gasteiger partial charge in [-0.25, -0.2) is 4.98 Å². The van der Waals surface area contributed by atoms with Gasteiger partial charge in [0.2, 0.25) is 0 Å². The Labute approximate surface area is 91.4 Å². The first-order chi connectivity index (χ1) is 7.19. The molecule has 2 atom stereocenters. The summed E-state index contributed by atoms with van der Waals surface area (Å²) in [4.78, 5) is 4.13. The van der Waals surface area contributed by atoms with E-state index in [-0.39, 0.29) is 12.1 Å². The molecule has 1 aromatic rings. The first-order valence-corrected chi connectivity index (χ1v) is 5.56. The van der Waals surface area contributed by atoms with Crippen molar-refractivity contribution in [1.82, 2.24) is 9.55 Å². The van der Waals surface area contributed by atoms with Crippen LogP contribution in [0.25, 0.3) is 0 Å². The van der Waals surface area contributed by atoms with Crippen LogP contribution >= 0.6 is 0 Å². The van der Waals surface area contributed by atoms with Crippen LogP contribution in [0, 0.1) is 0 Å². The molecule has 0 saturated heterocycles. The van der Waals surface area contributed by atoms with E-state index in [1.807, 2.05) is 19.4 Å². The lowest BCUT2D eigenvalue weighted by Gasteiger charge is -2.17. The van der Waals surface area contributed by atoms with E-state index in [0.29, 0.717) is 0 Å². The van der Waals surface area contributed by atoms with Gasteiger partial charge in [0.15, 0.2) is 0 Å². The highest BCUT2D eigenvalue weighted by Gasteiger charge is 2.11. The van der Waals surface area contributed by atoms with Crippen molar-refractivity contribution in [2.45, 2.75) is 45.9 Å². The number of rotatable bonds is 6. The lowest BCUT2D eigenvalue weighted by Crippen LogP contribution is -2.21. The molecular weight excluding hydrogens is 190 g/mol. The molecule has 4 heteroatoms. The van der Waals surface area contributed by atoms with E-state index in [9.17, 15) is 0 Å². The van der Waals surface area contributed by atoms with Crippen molar-refractivity contribution >= 4 is 0 Å². The number of aromatic nitrogens is 2. The molecule has 0 spiro atoms. The summed E-state index contributed by atoms with van der Waals surface area (Å²) in [6.07, 6.45) is 4.79. The second-order valence-electron chi connectivity index (χ2n) is 3.75. The molecule has 1 unspecified atom stereocenters. The molecule has 0 saturated carbocycles. The van der Waals surface area contributed by atoms with Crippen LogP contribution in [0.1, 0.15) is 38.9 Å². The highest BCUT2D eigenvalue weighted by molar-refractivity contribution is 5.04. The van der Waals surface area contributed by atoms with Crippen molar-refractivity contribution in [2.24, 2.45) is 5.73 Å². The van der Waals surface area contributed by atoms with Gasteiger partial charge in [0.05, 0.1) is 18.1 Å². The molecule has 1 aromatic heterocycles. The molecule has 86 valence electrons. The quantitative estimate of drug-likeness (QED) is 0.779. The van der Waals surface area contributed by atoms with E-state index in [2.05, 4.69) is 23.4 Å². The average molecular weight is 211 g/mol. The van der Waals surface area contributed by atoms with Crippen molar-refractivity contribution in [2.75, 3.05) is 6.61 Å². The van der Waals surface area contributed by atoms with Crippen LogP contribution in [-0.2, 0) is 11.3 Å². The third-order valence-electron chi connectivity index (χ3n) is 2.47. The maximum Gasteiger partial charge on any atom is 0.0949 e. The Bertz CT molecular complexity index is 285. The van der Waals surface area contributed by atoms with Gasteiger partial charge in [-0.15, -0.1) is 0 Å².